The van der Waals surface area contributed by atoms with Crippen LogP contribution in [-0.2, 0) is 0 Å². The van der Waals surface area contributed by atoms with E-state index in [4.69, 9.17) is 4.74 Å². The summed E-state index contributed by atoms with van der Waals surface area (Å²) >= 11 is 0. The van der Waals surface area contributed by atoms with Gasteiger partial charge >= 0.3 is 6.03 Å². The molecular weight excluding hydrogens is 278 g/mol. The summed E-state index contributed by atoms with van der Waals surface area (Å²) in [4.78, 5) is 18.3. The van der Waals surface area contributed by atoms with Crippen molar-refractivity contribution in [2.24, 2.45) is 0 Å². The van der Waals surface area contributed by atoms with Crippen molar-refractivity contribution in [2.45, 2.75) is 32.4 Å². The number of carbonyl (C=O) groups is 1. The maximum Gasteiger partial charge on any atom is 0.317 e. The number of ether oxygens (including phenoxy) is 1. The molecule has 2 amide bonds. The maximum absolute atomic E-state index is 12.0. The van der Waals surface area contributed by atoms with E-state index in [0.717, 1.165) is 23.9 Å². The number of amides is 2. The number of nitrogens with zero attached hydrogens (tertiary/aromatic N) is 2. The molecule has 1 aromatic heterocycles. The lowest BCUT2D eigenvalue weighted by molar-refractivity contribution is 0.182. The smallest absolute Gasteiger partial charge is 0.317 e. The summed E-state index contributed by atoms with van der Waals surface area (Å²) in [6, 6.07) is 12.0. The Kier molecular flexibility index (Phi) is 4.13. The number of urea groups is 1. The Hall–Kier alpha value is -2.30. The number of hydrogen-bond acceptors (Lipinski definition) is 3. The number of carbonyl (C=O) groups excluding carboxylic acids is 1. The molecule has 1 atom stereocenters. The summed E-state index contributed by atoms with van der Waals surface area (Å²) in [7, 11) is 0. The van der Waals surface area contributed by atoms with Crippen LogP contribution in [0, 0.1) is 0 Å². The summed E-state index contributed by atoms with van der Waals surface area (Å²) in [5, 5.41) is 4.01. The number of benzene rings is 1. The highest BCUT2D eigenvalue weighted by Gasteiger charge is 2.28. The number of para-hydroxylation sites is 1. The van der Waals surface area contributed by atoms with Crippen LogP contribution < -0.4 is 10.1 Å². The molecule has 1 aromatic carbocycles. The van der Waals surface area contributed by atoms with Gasteiger partial charge in [0.05, 0.1) is 12.1 Å². The van der Waals surface area contributed by atoms with Crippen molar-refractivity contribution in [3.05, 3.63) is 36.4 Å². The lowest BCUT2D eigenvalue weighted by Crippen LogP contribution is -2.42. The van der Waals surface area contributed by atoms with Crippen molar-refractivity contribution in [1.29, 1.82) is 0 Å². The van der Waals surface area contributed by atoms with Crippen molar-refractivity contribution < 1.29 is 9.53 Å². The zero-order valence-corrected chi connectivity index (χ0v) is 13.0. The third kappa shape index (κ3) is 3.30. The van der Waals surface area contributed by atoms with E-state index in [0.29, 0.717) is 12.4 Å². The highest BCUT2D eigenvalue weighted by Crippen LogP contribution is 2.20. The minimum atomic E-state index is -0.0208. The van der Waals surface area contributed by atoms with Gasteiger partial charge in [0.2, 0.25) is 5.88 Å². The van der Waals surface area contributed by atoms with E-state index in [9.17, 15) is 4.79 Å². The average molecular weight is 299 g/mol. The third-order valence-electron chi connectivity index (χ3n) is 3.70. The standard InChI is InChI=1S/C17H21N3O2/c1-12(2)18-17(21)20-10-9-14(11-20)22-16-8-7-13-5-3-4-6-15(13)19-16/h3-8,12,14H,9-11H2,1-2H3,(H,18,21). The fourth-order valence-electron chi connectivity index (χ4n) is 2.63. The van der Waals surface area contributed by atoms with E-state index in [1.54, 1.807) is 4.90 Å². The van der Waals surface area contributed by atoms with Gasteiger partial charge in [0, 0.05) is 30.5 Å². The quantitative estimate of drug-likeness (QED) is 0.948. The minimum Gasteiger partial charge on any atom is -0.472 e. The van der Waals surface area contributed by atoms with Crippen LogP contribution in [0.3, 0.4) is 0 Å². The highest BCUT2D eigenvalue weighted by atomic mass is 16.5. The van der Waals surface area contributed by atoms with Crippen LogP contribution in [0.25, 0.3) is 10.9 Å². The zero-order valence-electron chi connectivity index (χ0n) is 13.0. The van der Waals surface area contributed by atoms with Crippen LogP contribution in [0.5, 0.6) is 5.88 Å². The second kappa shape index (κ2) is 6.22. The van der Waals surface area contributed by atoms with E-state index in [1.165, 1.54) is 0 Å². The fourth-order valence-corrected chi connectivity index (χ4v) is 2.63. The Morgan fingerprint density at radius 1 is 1.32 bits per heavy atom. The van der Waals surface area contributed by atoms with Gasteiger partial charge in [-0.1, -0.05) is 18.2 Å². The molecular formula is C17H21N3O2. The second-order valence-corrected chi connectivity index (χ2v) is 5.92. The summed E-state index contributed by atoms with van der Waals surface area (Å²) < 4.78 is 5.94. The number of hydrogen-bond donors (Lipinski definition) is 1. The van der Waals surface area contributed by atoms with Gasteiger partial charge in [-0.05, 0) is 26.0 Å². The lowest BCUT2D eigenvalue weighted by Gasteiger charge is -2.19. The molecule has 5 heteroatoms. The SMILES string of the molecule is CC(C)NC(=O)N1CCC(Oc2ccc3ccccc3n2)C1. The van der Waals surface area contributed by atoms with Crippen molar-refractivity contribution in [3.8, 4) is 5.88 Å². The Bertz CT molecular complexity index is 672. The van der Waals surface area contributed by atoms with Crippen LogP contribution in [-0.4, -0.2) is 41.2 Å². The zero-order chi connectivity index (χ0) is 15.5. The molecule has 0 spiro atoms. The molecule has 1 fully saturated rings. The molecule has 1 aliphatic heterocycles. The van der Waals surface area contributed by atoms with Gasteiger partial charge in [0.15, 0.2) is 0 Å². The van der Waals surface area contributed by atoms with E-state index in [1.807, 2.05) is 50.2 Å². The summed E-state index contributed by atoms with van der Waals surface area (Å²) in [5.74, 6) is 0.620. The van der Waals surface area contributed by atoms with Crippen LogP contribution in [0.15, 0.2) is 36.4 Å². The molecule has 1 aliphatic rings. The topological polar surface area (TPSA) is 54.5 Å². The molecule has 0 saturated carbocycles. The van der Waals surface area contributed by atoms with Gasteiger partial charge < -0.3 is 15.0 Å². The van der Waals surface area contributed by atoms with Crippen molar-refractivity contribution in [2.75, 3.05) is 13.1 Å². The Morgan fingerprint density at radius 3 is 2.95 bits per heavy atom. The van der Waals surface area contributed by atoms with Gasteiger partial charge in [0.1, 0.15) is 6.10 Å². The number of aromatic nitrogens is 1. The van der Waals surface area contributed by atoms with Gasteiger partial charge in [-0.15, -0.1) is 0 Å². The van der Waals surface area contributed by atoms with E-state index in [-0.39, 0.29) is 18.2 Å². The fraction of sp³-hybridized carbons (Fsp3) is 0.412. The predicted octanol–water partition coefficient (Wildman–Crippen LogP) is 2.81. The van der Waals surface area contributed by atoms with E-state index >= 15 is 0 Å². The number of rotatable bonds is 3. The summed E-state index contributed by atoms with van der Waals surface area (Å²) in [6.07, 6.45) is 0.839. The van der Waals surface area contributed by atoms with Crippen molar-refractivity contribution in [3.63, 3.8) is 0 Å². The van der Waals surface area contributed by atoms with Crippen molar-refractivity contribution in [1.82, 2.24) is 15.2 Å². The first kappa shape index (κ1) is 14.6. The number of pyridine rings is 1. The predicted molar refractivity (Wildman–Crippen MR) is 86.0 cm³/mol. The monoisotopic (exact) mass is 299 g/mol. The Labute approximate surface area is 130 Å². The molecule has 1 saturated heterocycles. The molecule has 22 heavy (non-hydrogen) atoms. The molecule has 1 N–H and O–H groups in total. The van der Waals surface area contributed by atoms with Crippen molar-refractivity contribution >= 4 is 16.9 Å². The normalized spacial score (nSPS) is 18.0. The van der Waals surface area contributed by atoms with Gasteiger partial charge in [0.25, 0.3) is 0 Å². The molecule has 3 rings (SSSR count). The van der Waals surface area contributed by atoms with Crippen LogP contribution >= 0.6 is 0 Å². The van der Waals surface area contributed by atoms with E-state index in [2.05, 4.69) is 10.3 Å². The van der Waals surface area contributed by atoms with Crippen LogP contribution in [0.2, 0.25) is 0 Å². The lowest BCUT2D eigenvalue weighted by atomic mass is 10.2. The maximum atomic E-state index is 12.0. The number of fused-ring (bicyclic) bond motifs is 1. The van der Waals surface area contributed by atoms with E-state index < -0.39 is 0 Å². The Balaban J connectivity index is 1.62. The molecule has 2 aromatic rings. The second-order valence-electron chi connectivity index (χ2n) is 5.92. The Morgan fingerprint density at radius 2 is 2.14 bits per heavy atom. The summed E-state index contributed by atoms with van der Waals surface area (Å²) in [6.45, 7) is 5.24. The molecule has 5 nitrogen and oxygen atoms in total. The van der Waals surface area contributed by atoms with Crippen LogP contribution in [0.4, 0.5) is 4.79 Å². The number of likely N-dealkylation sites (tertiary alicyclic amines) is 1. The van der Waals surface area contributed by atoms with Gasteiger partial charge in [-0.3, -0.25) is 0 Å². The first-order chi connectivity index (χ1) is 10.6. The largest absolute Gasteiger partial charge is 0.472 e. The minimum absolute atomic E-state index is 0.00609. The molecule has 116 valence electrons. The van der Waals surface area contributed by atoms with Crippen LogP contribution in [0.1, 0.15) is 20.3 Å². The average Bonchev–Trinajstić information content (AvgIpc) is 2.95. The van der Waals surface area contributed by atoms with Gasteiger partial charge in [-0.25, -0.2) is 9.78 Å². The molecule has 0 aliphatic carbocycles. The highest BCUT2D eigenvalue weighted by molar-refractivity contribution is 5.78. The number of nitrogens with one attached hydrogen (secondary N) is 1. The first-order valence-corrected chi connectivity index (χ1v) is 7.70. The third-order valence-corrected chi connectivity index (χ3v) is 3.70. The summed E-state index contributed by atoms with van der Waals surface area (Å²) in [5.41, 5.74) is 0.924. The first-order valence-electron chi connectivity index (χ1n) is 7.70. The molecule has 2 heterocycles. The molecule has 1 unspecified atom stereocenters. The molecule has 0 bridgehead atoms. The molecule has 0 radical (unpaired) electrons. The van der Waals surface area contributed by atoms with Gasteiger partial charge in [-0.2, -0.15) is 0 Å².